The van der Waals surface area contributed by atoms with Crippen LogP contribution in [0.2, 0.25) is 0 Å². The number of aliphatic hydroxyl groups is 1. The van der Waals surface area contributed by atoms with Crippen LogP contribution in [-0.4, -0.2) is 37.0 Å². The van der Waals surface area contributed by atoms with Crippen LogP contribution < -0.4 is 0 Å². The van der Waals surface area contributed by atoms with Crippen LogP contribution in [0.3, 0.4) is 0 Å². The van der Waals surface area contributed by atoms with Gasteiger partial charge in [0.2, 0.25) is 0 Å². The van der Waals surface area contributed by atoms with Crippen LogP contribution in [0.1, 0.15) is 0 Å². The molecule has 0 radical (unpaired) electrons. The highest BCUT2D eigenvalue weighted by Gasteiger charge is 2.34. The molecule has 0 aromatic rings. The van der Waals surface area contributed by atoms with Gasteiger partial charge in [-0.2, -0.15) is 0 Å². The fourth-order valence-corrected chi connectivity index (χ4v) is 0.690. The predicted octanol–water partition coefficient (Wildman–Crippen LogP) is -1.08. The van der Waals surface area contributed by atoms with Crippen molar-refractivity contribution in [1.82, 2.24) is 0 Å². The molecule has 52 valence electrons. The first-order valence-corrected chi connectivity index (χ1v) is 2.63. The van der Waals surface area contributed by atoms with Gasteiger partial charge in [-0.1, -0.05) is 0 Å². The molecule has 0 aliphatic carbocycles. The molecular formula is C5H8O4. The van der Waals surface area contributed by atoms with Gasteiger partial charge in [0.25, 0.3) is 0 Å². The Morgan fingerprint density at radius 1 is 1.89 bits per heavy atom. The maximum atomic E-state index is 10.4. The molecule has 1 rings (SSSR count). The lowest BCUT2D eigenvalue weighted by Gasteiger charge is -2.05. The number of carbonyl (C=O) groups excluding carboxylic acids is 1. The lowest BCUT2D eigenvalue weighted by Crippen LogP contribution is -2.27. The third-order valence-corrected chi connectivity index (χ3v) is 1.29. The number of rotatable bonds is 1. The van der Waals surface area contributed by atoms with Crippen molar-refractivity contribution >= 4 is 5.97 Å². The third-order valence-electron chi connectivity index (χ3n) is 1.29. The van der Waals surface area contributed by atoms with Crippen molar-refractivity contribution in [3.05, 3.63) is 0 Å². The molecule has 0 bridgehead atoms. The van der Waals surface area contributed by atoms with E-state index in [0.717, 1.165) is 0 Å². The molecule has 4 heteroatoms. The van der Waals surface area contributed by atoms with Gasteiger partial charge in [0.15, 0.2) is 6.10 Å². The average Bonchev–Trinajstić information content (AvgIpc) is 2.15. The molecule has 1 aliphatic rings. The number of esters is 1. The van der Waals surface area contributed by atoms with Gasteiger partial charge in [0.1, 0.15) is 12.7 Å². The first-order chi connectivity index (χ1) is 4.25. The maximum absolute atomic E-state index is 10.4. The van der Waals surface area contributed by atoms with Crippen LogP contribution in [0, 0.1) is 0 Å². The molecule has 1 fully saturated rings. The van der Waals surface area contributed by atoms with Crippen LogP contribution in [0.5, 0.6) is 0 Å². The molecule has 0 aromatic carbocycles. The highest BCUT2D eigenvalue weighted by atomic mass is 16.6. The number of ether oxygens (including phenoxy) is 2. The maximum Gasteiger partial charge on any atom is 0.337 e. The Labute approximate surface area is 52.4 Å². The Morgan fingerprint density at radius 2 is 2.56 bits per heavy atom. The quantitative estimate of drug-likeness (QED) is 0.461. The largest absolute Gasteiger partial charge is 0.461 e. The van der Waals surface area contributed by atoms with Crippen LogP contribution >= 0.6 is 0 Å². The van der Waals surface area contributed by atoms with Crippen molar-refractivity contribution in [2.45, 2.75) is 12.2 Å². The lowest BCUT2D eigenvalue weighted by atomic mass is 10.2. The average molecular weight is 132 g/mol. The molecule has 4 nitrogen and oxygen atoms in total. The van der Waals surface area contributed by atoms with Crippen LogP contribution in [0.15, 0.2) is 0 Å². The number of methoxy groups -OCH3 is 1. The van der Waals surface area contributed by atoms with E-state index in [2.05, 4.69) is 4.74 Å². The fourth-order valence-electron chi connectivity index (χ4n) is 0.690. The second-order valence-electron chi connectivity index (χ2n) is 1.85. The van der Waals surface area contributed by atoms with E-state index in [-0.39, 0.29) is 6.61 Å². The van der Waals surface area contributed by atoms with E-state index < -0.39 is 18.2 Å². The number of hydrogen-bond acceptors (Lipinski definition) is 4. The molecule has 0 spiro atoms. The summed E-state index contributed by atoms with van der Waals surface area (Å²) in [5.74, 6) is -0.596. The van der Waals surface area contributed by atoms with Gasteiger partial charge < -0.3 is 14.6 Å². The zero-order valence-electron chi connectivity index (χ0n) is 5.03. The summed E-state index contributed by atoms with van der Waals surface area (Å²) in [7, 11) is 1.43. The first-order valence-electron chi connectivity index (χ1n) is 2.63. The Balaban J connectivity index is 2.51. The molecule has 2 atom stereocenters. The minimum atomic E-state index is -1.09. The Bertz CT molecular complexity index is 122. The summed E-state index contributed by atoms with van der Waals surface area (Å²) < 4.78 is 9.15. The van der Waals surface area contributed by atoms with E-state index in [9.17, 15) is 4.79 Å². The van der Waals surface area contributed by atoms with Crippen LogP contribution in [0.25, 0.3) is 0 Å². The highest BCUT2D eigenvalue weighted by Crippen LogP contribution is 2.09. The molecule has 1 N–H and O–H groups in total. The normalized spacial score (nSPS) is 34.7. The summed E-state index contributed by atoms with van der Waals surface area (Å²) >= 11 is 0. The topological polar surface area (TPSA) is 55.8 Å². The molecule has 0 aromatic heterocycles. The van der Waals surface area contributed by atoms with Crippen molar-refractivity contribution in [2.75, 3.05) is 13.7 Å². The summed E-state index contributed by atoms with van der Waals surface area (Å²) in [6, 6.07) is 0. The van der Waals surface area contributed by atoms with Gasteiger partial charge >= 0.3 is 5.97 Å². The zero-order chi connectivity index (χ0) is 6.85. The van der Waals surface area contributed by atoms with Crippen molar-refractivity contribution in [3.8, 4) is 0 Å². The molecule has 1 saturated heterocycles. The summed E-state index contributed by atoms with van der Waals surface area (Å²) in [6.07, 6.45) is -1.56. The second kappa shape index (κ2) is 2.33. The molecule has 1 aliphatic heterocycles. The molecule has 0 amide bonds. The summed E-state index contributed by atoms with van der Waals surface area (Å²) in [5, 5.41) is 8.86. The van der Waals surface area contributed by atoms with E-state index >= 15 is 0 Å². The summed E-state index contributed by atoms with van der Waals surface area (Å²) in [5.41, 5.74) is 0. The lowest BCUT2D eigenvalue weighted by molar-refractivity contribution is -0.145. The third kappa shape index (κ3) is 1.04. The van der Waals surface area contributed by atoms with Gasteiger partial charge in [0, 0.05) is 7.11 Å². The SMILES string of the molecule is COC1COC(=O)C1O. The number of aliphatic hydroxyl groups excluding tert-OH is 1. The van der Waals surface area contributed by atoms with Crippen molar-refractivity contribution in [3.63, 3.8) is 0 Å². The number of hydrogen-bond donors (Lipinski definition) is 1. The predicted molar refractivity (Wildman–Crippen MR) is 27.8 cm³/mol. The van der Waals surface area contributed by atoms with E-state index in [1.807, 2.05) is 0 Å². The van der Waals surface area contributed by atoms with E-state index in [0.29, 0.717) is 0 Å². The minimum absolute atomic E-state index is 0.163. The minimum Gasteiger partial charge on any atom is -0.461 e. The van der Waals surface area contributed by atoms with Gasteiger partial charge in [-0.25, -0.2) is 4.79 Å². The van der Waals surface area contributed by atoms with Gasteiger partial charge in [-0.05, 0) is 0 Å². The van der Waals surface area contributed by atoms with E-state index in [1.54, 1.807) is 0 Å². The monoisotopic (exact) mass is 132 g/mol. The fraction of sp³-hybridized carbons (Fsp3) is 0.800. The molecule has 0 saturated carbocycles. The van der Waals surface area contributed by atoms with E-state index in [1.165, 1.54) is 7.11 Å². The second-order valence-corrected chi connectivity index (χ2v) is 1.85. The van der Waals surface area contributed by atoms with Gasteiger partial charge in [-0.15, -0.1) is 0 Å². The first kappa shape index (κ1) is 6.51. The van der Waals surface area contributed by atoms with Crippen molar-refractivity contribution in [1.29, 1.82) is 0 Å². The molecule has 2 unspecified atom stereocenters. The smallest absolute Gasteiger partial charge is 0.337 e. The Morgan fingerprint density at radius 3 is 2.78 bits per heavy atom. The molecular weight excluding hydrogens is 124 g/mol. The van der Waals surface area contributed by atoms with Gasteiger partial charge in [-0.3, -0.25) is 0 Å². The summed E-state index contributed by atoms with van der Waals surface area (Å²) in [4.78, 5) is 10.4. The highest BCUT2D eigenvalue weighted by molar-refractivity contribution is 5.77. The van der Waals surface area contributed by atoms with E-state index in [4.69, 9.17) is 9.84 Å². The standard InChI is InChI=1S/C5H8O4/c1-8-3-2-9-5(7)4(3)6/h3-4,6H,2H2,1H3. The van der Waals surface area contributed by atoms with Gasteiger partial charge in [0.05, 0.1) is 0 Å². The number of cyclic esters (lactones) is 1. The Hall–Kier alpha value is -0.610. The van der Waals surface area contributed by atoms with Crippen LogP contribution in [-0.2, 0) is 14.3 Å². The number of carbonyl (C=O) groups is 1. The van der Waals surface area contributed by atoms with Crippen molar-refractivity contribution in [2.24, 2.45) is 0 Å². The Kier molecular flexibility index (Phi) is 1.68. The molecule has 1 heterocycles. The van der Waals surface area contributed by atoms with Crippen LogP contribution in [0.4, 0.5) is 0 Å². The summed E-state index contributed by atoms with van der Waals surface area (Å²) in [6.45, 7) is 0.163. The zero-order valence-corrected chi connectivity index (χ0v) is 5.03. The molecule has 9 heavy (non-hydrogen) atoms. The van der Waals surface area contributed by atoms with Crippen molar-refractivity contribution < 1.29 is 19.4 Å².